The summed E-state index contributed by atoms with van der Waals surface area (Å²) in [4.78, 5) is 14.7. The largest absolute Gasteiger partial charge is 0.484 e. The highest BCUT2D eigenvalue weighted by Crippen LogP contribution is 2.32. The van der Waals surface area contributed by atoms with Crippen LogP contribution in [0.25, 0.3) is 0 Å². The zero-order valence-electron chi connectivity index (χ0n) is 18.1. The van der Waals surface area contributed by atoms with Crippen molar-refractivity contribution in [2.24, 2.45) is 0 Å². The molecule has 4 rings (SSSR count). The van der Waals surface area contributed by atoms with Gasteiger partial charge in [-0.1, -0.05) is 48.5 Å². The van der Waals surface area contributed by atoms with Crippen molar-refractivity contribution in [3.05, 3.63) is 90.0 Å². The molecule has 1 aliphatic heterocycles. The first-order valence-corrected chi connectivity index (χ1v) is 12.0. The number of carbonyl (C=O) groups excluding carboxylic acids is 1. The summed E-state index contributed by atoms with van der Waals surface area (Å²) in [6.07, 6.45) is 0.822. The summed E-state index contributed by atoms with van der Waals surface area (Å²) in [7, 11) is -3.69. The molecule has 1 aliphatic rings. The van der Waals surface area contributed by atoms with E-state index >= 15 is 0 Å². The van der Waals surface area contributed by atoms with Crippen molar-refractivity contribution in [2.75, 3.05) is 11.5 Å². The number of ether oxygens (including phenoxy) is 1. The predicted octanol–water partition coefficient (Wildman–Crippen LogP) is 4.08. The van der Waals surface area contributed by atoms with Crippen molar-refractivity contribution in [3.8, 4) is 5.75 Å². The molecule has 0 unspecified atom stereocenters. The molecule has 0 fully saturated rings. The summed E-state index contributed by atoms with van der Waals surface area (Å²) < 4.78 is 33.8. The van der Waals surface area contributed by atoms with Gasteiger partial charge >= 0.3 is 0 Å². The Morgan fingerprint density at radius 2 is 1.69 bits per heavy atom. The van der Waals surface area contributed by atoms with E-state index < -0.39 is 10.0 Å². The van der Waals surface area contributed by atoms with Gasteiger partial charge in [0.25, 0.3) is 5.91 Å². The molecule has 0 bridgehead atoms. The minimum atomic E-state index is -3.69. The fraction of sp³-hybridized carbons (Fsp3) is 0.240. The topological polar surface area (TPSA) is 75.7 Å². The van der Waals surface area contributed by atoms with Crippen LogP contribution in [0.15, 0.2) is 83.8 Å². The van der Waals surface area contributed by atoms with E-state index in [0.29, 0.717) is 5.75 Å². The quantitative estimate of drug-likeness (QED) is 0.589. The molecule has 0 saturated heterocycles. The Balaban J connectivity index is 1.38. The van der Waals surface area contributed by atoms with Gasteiger partial charge in [-0.25, -0.2) is 13.1 Å². The summed E-state index contributed by atoms with van der Waals surface area (Å²) in [5.41, 5.74) is 2.96. The van der Waals surface area contributed by atoms with Crippen LogP contribution >= 0.6 is 0 Å². The van der Waals surface area contributed by atoms with Crippen molar-refractivity contribution in [1.82, 2.24) is 4.72 Å². The second kappa shape index (κ2) is 9.14. The van der Waals surface area contributed by atoms with Gasteiger partial charge in [0.1, 0.15) is 5.75 Å². The van der Waals surface area contributed by atoms with Crippen LogP contribution in [0.1, 0.15) is 31.0 Å². The molecular weight excluding hydrogens is 424 g/mol. The third-order valence-corrected chi connectivity index (χ3v) is 7.16. The Morgan fingerprint density at radius 1 is 1.03 bits per heavy atom. The van der Waals surface area contributed by atoms with Gasteiger partial charge in [0, 0.05) is 17.8 Å². The van der Waals surface area contributed by atoms with Gasteiger partial charge in [-0.3, -0.25) is 4.79 Å². The summed E-state index contributed by atoms with van der Waals surface area (Å²) in [5, 5.41) is 0. The Hall–Kier alpha value is -3.16. The number of hydrogen-bond donors (Lipinski definition) is 1. The van der Waals surface area contributed by atoms with Gasteiger partial charge in [-0.15, -0.1) is 0 Å². The van der Waals surface area contributed by atoms with Gasteiger partial charge in [0.15, 0.2) is 6.61 Å². The molecule has 0 spiro atoms. The van der Waals surface area contributed by atoms with Gasteiger partial charge < -0.3 is 9.64 Å². The zero-order valence-corrected chi connectivity index (χ0v) is 18.9. The van der Waals surface area contributed by atoms with Gasteiger partial charge in [-0.05, 0) is 61.7 Å². The molecule has 0 aliphatic carbocycles. The van der Waals surface area contributed by atoms with E-state index in [1.54, 1.807) is 24.0 Å². The number of rotatable bonds is 7. The number of sulfonamides is 1. The number of nitrogens with one attached hydrogen (secondary N) is 1. The van der Waals surface area contributed by atoms with Crippen LogP contribution in [-0.4, -0.2) is 27.0 Å². The van der Waals surface area contributed by atoms with E-state index in [2.05, 4.69) is 4.72 Å². The van der Waals surface area contributed by atoms with Crippen LogP contribution in [0.2, 0.25) is 0 Å². The molecule has 1 heterocycles. The number of anilines is 1. The number of amides is 1. The van der Waals surface area contributed by atoms with E-state index in [-0.39, 0.29) is 29.5 Å². The minimum Gasteiger partial charge on any atom is -0.484 e. The summed E-state index contributed by atoms with van der Waals surface area (Å²) in [5.74, 6) is 0.311. The molecule has 1 N–H and O–H groups in total. The normalized spacial score (nSPS) is 16.4. The van der Waals surface area contributed by atoms with Crippen LogP contribution in [0.4, 0.5) is 5.69 Å². The molecule has 0 radical (unpaired) electrons. The molecule has 0 saturated carbocycles. The number of para-hydroxylation sites is 1. The van der Waals surface area contributed by atoms with Crippen LogP contribution in [0.5, 0.6) is 5.75 Å². The van der Waals surface area contributed by atoms with Crippen LogP contribution in [0, 0.1) is 0 Å². The SMILES string of the molecule is C[C@H](NS(=O)(=O)c1ccc(OCC(=O)N2c3ccccc3C[C@@H]2C)cc1)c1ccccc1. The second-order valence-electron chi connectivity index (χ2n) is 7.96. The Kier molecular flexibility index (Phi) is 6.30. The van der Waals surface area contributed by atoms with Crippen molar-refractivity contribution in [1.29, 1.82) is 0 Å². The summed E-state index contributed by atoms with van der Waals surface area (Å²) in [6.45, 7) is 3.70. The fourth-order valence-corrected chi connectivity index (χ4v) is 5.22. The van der Waals surface area contributed by atoms with E-state index in [4.69, 9.17) is 4.74 Å². The highest BCUT2D eigenvalue weighted by Gasteiger charge is 2.30. The lowest BCUT2D eigenvalue weighted by Gasteiger charge is -2.22. The van der Waals surface area contributed by atoms with Crippen LogP contribution < -0.4 is 14.4 Å². The van der Waals surface area contributed by atoms with Gasteiger partial charge in [0.05, 0.1) is 4.90 Å². The maximum absolute atomic E-state index is 12.8. The smallest absolute Gasteiger partial charge is 0.265 e. The van der Waals surface area contributed by atoms with Crippen molar-refractivity contribution in [2.45, 2.75) is 37.2 Å². The molecule has 0 aromatic heterocycles. The number of fused-ring (bicyclic) bond motifs is 1. The number of benzene rings is 3. The highest BCUT2D eigenvalue weighted by atomic mass is 32.2. The molecular formula is C25H26N2O4S. The standard InChI is InChI=1S/C25H26N2O4S/c1-18-16-21-10-6-7-11-24(21)27(18)25(28)17-31-22-12-14-23(15-13-22)32(29,30)26-19(2)20-8-4-3-5-9-20/h3-15,18-19,26H,16-17H2,1-2H3/t18-,19-/m0/s1. The molecule has 1 amide bonds. The number of nitrogens with zero attached hydrogens (tertiary/aromatic N) is 1. The monoisotopic (exact) mass is 450 g/mol. The summed E-state index contributed by atoms with van der Waals surface area (Å²) in [6, 6.07) is 23.1. The molecule has 32 heavy (non-hydrogen) atoms. The average molecular weight is 451 g/mol. The van der Waals surface area contributed by atoms with Gasteiger partial charge in [0.2, 0.25) is 10.0 Å². The lowest BCUT2D eigenvalue weighted by Crippen LogP contribution is -2.39. The molecule has 3 aromatic rings. The third-order valence-electron chi connectivity index (χ3n) is 5.60. The molecule has 2 atom stereocenters. The van der Waals surface area contributed by atoms with E-state index in [1.165, 1.54) is 12.1 Å². The first kappa shape index (κ1) is 22.0. The zero-order chi connectivity index (χ0) is 22.7. The van der Waals surface area contributed by atoms with Crippen molar-refractivity contribution < 1.29 is 17.9 Å². The first-order valence-electron chi connectivity index (χ1n) is 10.6. The van der Waals surface area contributed by atoms with Crippen molar-refractivity contribution in [3.63, 3.8) is 0 Å². The highest BCUT2D eigenvalue weighted by molar-refractivity contribution is 7.89. The molecule has 166 valence electrons. The second-order valence-corrected chi connectivity index (χ2v) is 9.67. The maximum atomic E-state index is 12.8. The van der Waals surface area contributed by atoms with E-state index in [1.807, 2.05) is 61.5 Å². The van der Waals surface area contributed by atoms with E-state index in [0.717, 1.165) is 23.2 Å². The summed E-state index contributed by atoms with van der Waals surface area (Å²) >= 11 is 0. The number of hydrogen-bond acceptors (Lipinski definition) is 4. The third kappa shape index (κ3) is 4.69. The lowest BCUT2D eigenvalue weighted by atomic mass is 10.1. The Labute approximate surface area is 188 Å². The maximum Gasteiger partial charge on any atom is 0.265 e. The molecule has 7 heteroatoms. The fourth-order valence-electron chi connectivity index (χ4n) is 3.99. The minimum absolute atomic E-state index is 0.0775. The van der Waals surface area contributed by atoms with Gasteiger partial charge in [-0.2, -0.15) is 0 Å². The Morgan fingerprint density at radius 3 is 2.41 bits per heavy atom. The predicted molar refractivity (Wildman–Crippen MR) is 124 cm³/mol. The average Bonchev–Trinajstić information content (AvgIpc) is 3.14. The van der Waals surface area contributed by atoms with Crippen LogP contribution in [0.3, 0.4) is 0 Å². The Bertz CT molecular complexity index is 1190. The molecule has 6 nitrogen and oxygen atoms in total. The molecule has 3 aromatic carbocycles. The lowest BCUT2D eigenvalue weighted by molar-refractivity contribution is -0.120. The van der Waals surface area contributed by atoms with Crippen LogP contribution in [-0.2, 0) is 21.2 Å². The van der Waals surface area contributed by atoms with E-state index in [9.17, 15) is 13.2 Å². The first-order chi connectivity index (χ1) is 15.3. The van der Waals surface area contributed by atoms with Crippen molar-refractivity contribution >= 4 is 21.6 Å². The number of carbonyl (C=O) groups is 1.